The predicted molar refractivity (Wildman–Crippen MR) is 76.4 cm³/mol. The first kappa shape index (κ1) is 13.9. The zero-order valence-corrected chi connectivity index (χ0v) is 12.0. The number of nitrogens with one attached hydrogen (secondary N) is 1. The van der Waals surface area contributed by atoms with Gasteiger partial charge in [-0.05, 0) is 48.6 Å². The lowest BCUT2D eigenvalue weighted by Gasteiger charge is -2.08. The van der Waals surface area contributed by atoms with Crippen molar-refractivity contribution in [2.24, 2.45) is 5.92 Å². The highest BCUT2D eigenvalue weighted by atomic mass is 32.2. The maximum absolute atomic E-state index is 13.9. The molecule has 1 aliphatic rings. The van der Waals surface area contributed by atoms with Gasteiger partial charge in [0, 0.05) is 17.5 Å². The number of rotatable bonds is 7. The Labute approximate surface area is 114 Å². The lowest BCUT2D eigenvalue weighted by atomic mass is 10.2. The Bertz CT molecular complexity index is 388. The minimum Gasteiger partial charge on any atom is -0.310 e. The van der Waals surface area contributed by atoms with Crippen molar-refractivity contribution in [3.05, 3.63) is 29.6 Å². The molecule has 0 atom stereocenters. The molecule has 1 aromatic rings. The topological polar surface area (TPSA) is 12.0 Å². The van der Waals surface area contributed by atoms with Crippen LogP contribution in [0.15, 0.2) is 23.1 Å². The van der Waals surface area contributed by atoms with Gasteiger partial charge in [0.05, 0.1) is 0 Å². The summed E-state index contributed by atoms with van der Waals surface area (Å²) in [6.07, 6.45) is 3.67. The maximum Gasteiger partial charge on any atom is 0.137 e. The highest BCUT2D eigenvalue weighted by Crippen LogP contribution is 2.25. The van der Waals surface area contributed by atoms with Crippen LogP contribution in [-0.2, 0) is 6.54 Å². The SMILES string of the molecule is CC(C)CCSc1ccc(CNC2CC2)cc1F. The summed E-state index contributed by atoms with van der Waals surface area (Å²) in [6.45, 7) is 5.19. The van der Waals surface area contributed by atoms with Gasteiger partial charge in [-0.1, -0.05) is 19.9 Å². The van der Waals surface area contributed by atoms with Gasteiger partial charge >= 0.3 is 0 Å². The summed E-state index contributed by atoms with van der Waals surface area (Å²) in [5.41, 5.74) is 1.05. The largest absolute Gasteiger partial charge is 0.310 e. The molecule has 0 unspecified atom stereocenters. The van der Waals surface area contributed by atoms with Crippen LogP contribution in [0.3, 0.4) is 0 Å². The van der Waals surface area contributed by atoms with Gasteiger partial charge in [0.2, 0.25) is 0 Å². The Morgan fingerprint density at radius 1 is 1.39 bits per heavy atom. The highest BCUT2D eigenvalue weighted by Gasteiger charge is 2.20. The van der Waals surface area contributed by atoms with Gasteiger partial charge in [-0.15, -0.1) is 11.8 Å². The molecule has 1 fully saturated rings. The Hall–Kier alpha value is -0.540. The number of halogens is 1. The minimum atomic E-state index is -0.0705. The molecule has 0 saturated heterocycles. The number of hydrogen-bond acceptors (Lipinski definition) is 2. The van der Waals surface area contributed by atoms with E-state index in [-0.39, 0.29) is 5.82 Å². The first-order valence-corrected chi connectivity index (χ1v) is 7.78. The third-order valence-corrected chi connectivity index (χ3v) is 4.20. The van der Waals surface area contributed by atoms with Crippen LogP contribution >= 0.6 is 11.8 Å². The molecule has 0 radical (unpaired) electrons. The fourth-order valence-electron chi connectivity index (χ4n) is 1.73. The van der Waals surface area contributed by atoms with Crippen LogP contribution in [0, 0.1) is 11.7 Å². The predicted octanol–water partition coefficient (Wildman–Crippen LogP) is 4.22. The molecule has 1 aliphatic carbocycles. The lowest BCUT2D eigenvalue weighted by molar-refractivity contribution is 0.594. The van der Waals surface area contributed by atoms with Crippen LogP contribution < -0.4 is 5.32 Å². The first-order chi connectivity index (χ1) is 8.65. The van der Waals surface area contributed by atoms with Gasteiger partial charge in [-0.2, -0.15) is 0 Å². The average molecular weight is 267 g/mol. The van der Waals surface area contributed by atoms with E-state index in [4.69, 9.17) is 0 Å². The van der Waals surface area contributed by atoms with Crippen LogP contribution in [0.25, 0.3) is 0 Å². The summed E-state index contributed by atoms with van der Waals surface area (Å²) in [4.78, 5) is 0.783. The summed E-state index contributed by atoms with van der Waals surface area (Å²) < 4.78 is 13.9. The average Bonchev–Trinajstić information content (AvgIpc) is 3.12. The fourth-order valence-corrected chi connectivity index (χ4v) is 2.90. The van der Waals surface area contributed by atoms with Crippen LogP contribution in [0.2, 0.25) is 0 Å². The van der Waals surface area contributed by atoms with E-state index in [0.29, 0.717) is 12.0 Å². The summed E-state index contributed by atoms with van der Waals surface area (Å²) in [5.74, 6) is 1.61. The van der Waals surface area contributed by atoms with E-state index in [2.05, 4.69) is 19.2 Å². The molecular weight excluding hydrogens is 245 g/mol. The van der Waals surface area contributed by atoms with Crippen molar-refractivity contribution in [1.29, 1.82) is 0 Å². The monoisotopic (exact) mass is 267 g/mol. The van der Waals surface area contributed by atoms with Crippen molar-refractivity contribution in [3.63, 3.8) is 0 Å². The Morgan fingerprint density at radius 2 is 2.17 bits per heavy atom. The Morgan fingerprint density at radius 3 is 2.78 bits per heavy atom. The van der Waals surface area contributed by atoms with Gasteiger partial charge in [0.25, 0.3) is 0 Å². The van der Waals surface area contributed by atoms with Gasteiger partial charge in [-0.25, -0.2) is 4.39 Å². The lowest BCUT2D eigenvalue weighted by Crippen LogP contribution is -2.15. The molecule has 100 valence electrons. The van der Waals surface area contributed by atoms with Crippen molar-refractivity contribution in [1.82, 2.24) is 5.32 Å². The van der Waals surface area contributed by atoms with Crippen molar-refractivity contribution in [2.45, 2.75) is 50.6 Å². The molecule has 0 aromatic heterocycles. The molecule has 0 heterocycles. The van der Waals surface area contributed by atoms with Crippen LogP contribution in [0.4, 0.5) is 4.39 Å². The second kappa shape index (κ2) is 6.58. The molecule has 1 nitrogen and oxygen atoms in total. The van der Waals surface area contributed by atoms with Crippen molar-refractivity contribution >= 4 is 11.8 Å². The van der Waals surface area contributed by atoms with Gasteiger partial charge in [0.1, 0.15) is 5.82 Å². The molecule has 1 saturated carbocycles. The van der Waals surface area contributed by atoms with Crippen molar-refractivity contribution in [3.8, 4) is 0 Å². The molecule has 1 aromatic carbocycles. The molecule has 18 heavy (non-hydrogen) atoms. The Kier molecular flexibility index (Phi) is 5.07. The van der Waals surface area contributed by atoms with Crippen molar-refractivity contribution < 1.29 is 4.39 Å². The molecule has 0 bridgehead atoms. The number of thioether (sulfide) groups is 1. The third-order valence-electron chi connectivity index (χ3n) is 3.12. The summed E-state index contributed by atoms with van der Waals surface area (Å²) in [5, 5.41) is 3.40. The molecule has 3 heteroatoms. The van der Waals surface area contributed by atoms with Gasteiger partial charge in [0.15, 0.2) is 0 Å². The van der Waals surface area contributed by atoms with E-state index in [0.717, 1.165) is 29.2 Å². The smallest absolute Gasteiger partial charge is 0.137 e. The second-order valence-electron chi connectivity index (χ2n) is 5.45. The maximum atomic E-state index is 13.9. The van der Waals surface area contributed by atoms with E-state index in [9.17, 15) is 4.39 Å². The van der Waals surface area contributed by atoms with E-state index >= 15 is 0 Å². The van der Waals surface area contributed by atoms with Crippen molar-refractivity contribution in [2.75, 3.05) is 5.75 Å². The van der Waals surface area contributed by atoms with E-state index in [1.165, 1.54) is 12.8 Å². The summed E-state index contributed by atoms with van der Waals surface area (Å²) in [6, 6.07) is 6.31. The van der Waals surface area contributed by atoms with Crippen LogP contribution in [0.1, 0.15) is 38.7 Å². The molecule has 0 spiro atoms. The zero-order valence-electron chi connectivity index (χ0n) is 11.2. The van der Waals surface area contributed by atoms with Crippen LogP contribution in [-0.4, -0.2) is 11.8 Å². The van der Waals surface area contributed by atoms with E-state index in [1.807, 2.05) is 12.1 Å². The number of benzene rings is 1. The first-order valence-electron chi connectivity index (χ1n) is 6.80. The summed E-state index contributed by atoms with van der Waals surface area (Å²) >= 11 is 1.63. The molecule has 1 N–H and O–H groups in total. The molecular formula is C15H22FNS. The molecule has 2 rings (SSSR count). The van der Waals surface area contributed by atoms with Crippen LogP contribution in [0.5, 0.6) is 0 Å². The van der Waals surface area contributed by atoms with Gasteiger partial charge < -0.3 is 5.32 Å². The number of hydrogen-bond donors (Lipinski definition) is 1. The standard InChI is InChI=1S/C15H22FNS/c1-11(2)7-8-18-15-6-3-12(9-14(15)16)10-17-13-4-5-13/h3,6,9,11,13,17H,4-5,7-8,10H2,1-2H3. The minimum absolute atomic E-state index is 0.0705. The molecule has 0 aliphatic heterocycles. The third kappa shape index (κ3) is 4.62. The Balaban J connectivity index is 1.83. The molecule has 0 amide bonds. The highest BCUT2D eigenvalue weighted by molar-refractivity contribution is 7.99. The second-order valence-corrected chi connectivity index (χ2v) is 6.59. The normalized spacial score (nSPS) is 15.3. The van der Waals surface area contributed by atoms with E-state index in [1.54, 1.807) is 17.8 Å². The summed E-state index contributed by atoms with van der Waals surface area (Å²) in [7, 11) is 0. The zero-order chi connectivity index (χ0) is 13.0. The van der Waals surface area contributed by atoms with Gasteiger partial charge in [-0.3, -0.25) is 0 Å². The fraction of sp³-hybridized carbons (Fsp3) is 0.600. The van der Waals surface area contributed by atoms with E-state index < -0.39 is 0 Å². The quantitative estimate of drug-likeness (QED) is 0.742.